The van der Waals surface area contributed by atoms with Gasteiger partial charge in [0, 0.05) is 43.6 Å². The minimum absolute atomic E-state index is 0.0997. The van der Waals surface area contributed by atoms with Crippen molar-refractivity contribution in [3.8, 4) is 5.69 Å². The van der Waals surface area contributed by atoms with Crippen molar-refractivity contribution in [2.75, 3.05) is 38.1 Å². The number of aromatic nitrogens is 3. The van der Waals surface area contributed by atoms with Crippen molar-refractivity contribution >= 4 is 28.2 Å². The lowest BCUT2D eigenvalue weighted by Crippen LogP contribution is -2.44. The number of pyridine rings is 1. The molecule has 34 heavy (non-hydrogen) atoms. The van der Waals surface area contributed by atoms with Gasteiger partial charge in [-0.25, -0.2) is 9.07 Å². The van der Waals surface area contributed by atoms with Crippen LogP contribution in [0.1, 0.15) is 11.3 Å². The molecule has 0 atom stereocenters. The molecule has 1 aliphatic rings. The average molecular weight is 482 g/mol. The number of benzene rings is 2. The third-order valence-corrected chi connectivity index (χ3v) is 6.84. The number of hydrogen-bond donors (Lipinski definition) is 1. The number of hydrogen-bond acceptors (Lipinski definition) is 4. The Balaban J connectivity index is 1.58. The number of nitrogens with one attached hydrogen (secondary N) is 1. The highest BCUT2D eigenvalue weighted by Gasteiger charge is 2.20. The molecule has 0 saturated carbocycles. The Morgan fingerprint density at radius 1 is 1.00 bits per heavy atom. The maximum Gasteiger partial charge on any atom is 0.280 e. The molecular formula is C25H25ClFN5O2. The van der Waals surface area contributed by atoms with Gasteiger partial charge in [-0.05, 0) is 43.8 Å². The number of aryl methyl sites for hydroxylation is 1. The van der Waals surface area contributed by atoms with E-state index in [1.54, 1.807) is 11.5 Å². The van der Waals surface area contributed by atoms with Gasteiger partial charge >= 0.3 is 0 Å². The standard InChI is InChI=1S/C25H25ClFN5O2/c1-16-24-20(28-32(25(24)34)22-8-7-18(27)13-19(22)26)14-23(33)31(16)15-17-5-3-4-6-21(17)30-11-9-29(2)10-12-30/h3-8,13-14,28H,9-12,15H2,1-2H3. The van der Waals surface area contributed by atoms with Crippen molar-refractivity contribution in [2.45, 2.75) is 13.5 Å². The molecule has 1 aliphatic heterocycles. The van der Waals surface area contributed by atoms with Crippen LogP contribution < -0.4 is 16.0 Å². The van der Waals surface area contributed by atoms with Crippen LogP contribution in [-0.4, -0.2) is 52.5 Å². The maximum absolute atomic E-state index is 13.5. The average Bonchev–Trinajstić information content (AvgIpc) is 3.13. The Kier molecular flexibility index (Phi) is 5.79. The Morgan fingerprint density at radius 2 is 1.74 bits per heavy atom. The molecule has 176 valence electrons. The molecule has 1 fully saturated rings. The van der Waals surface area contributed by atoms with Gasteiger partial charge in [-0.2, -0.15) is 0 Å². The van der Waals surface area contributed by atoms with Crippen LogP contribution >= 0.6 is 11.6 Å². The second-order valence-electron chi connectivity index (χ2n) is 8.71. The number of aromatic amines is 1. The fourth-order valence-corrected chi connectivity index (χ4v) is 4.86. The van der Waals surface area contributed by atoms with Crippen LogP contribution in [0, 0.1) is 12.7 Å². The van der Waals surface area contributed by atoms with E-state index < -0.39 is 5.82 Å². The van der Waals surface area contributed by atoms with Gasteiger partial charge in [-0.3, -0.25) is 14.7 Å². The fraction of sp³-hybridized carbons (Fsp3) is 0.280. The number of piperazine rings is 1. The number of likely N-dealkylation sites (N-methyl/N-ethyl adjacent to an activating group) is 1. The van der Waals surface area contributed by atoms with Crippen molar-refractivity contribution in [3.63, 3.8) is 0 Å². The topological polar surface area (TPSA) is 66.3 Å². The number of fused-ring (bicyclic) bond motifs is 1. The molecule has 7 nitrogen and oxygen atoms in total. The molecule has 2 aromatic heterocycles. The fourth-order valence-electron chi connectivity index (χ4n) is 4.61. The van der Waals surface area contributed by atoms with Crippen LogP contribution in [-0.2, 0) is 6.54 Å². The molecular weight excluding hydrogens is 457 g/mol. The molecule has 0 bridgehead atoms. The predicted octanol–water partition coefficient (Wildman–Crippen LogP) is 3.38. The van der Waals surface area contributed by atoms with E-state index in [4.69, 9.17) is 11.6 Å². The summed E-state index contributed by atoms with van der Waals surface area (Å²) >= 11 is 6.18. The zero-order valence-electron chi connectivity index (χ0n) is 19.0. The van der Waals surface area contributed by atoms with Crippen LogP contribution in [0.2, 0.25) is 5.02 Å². The van der Waals surface area contributed by atoms with Crippen molar-refractivity contribution in [1.29, 1.82) is 0 Å². The number of anilines is 1. The lowest BCUT2D eigenvalue weighted by atomic mass is 10.1. The van der Waals surface area contributed by atoms with E-state index >= 15 is 0 Å². The first-order valence-electron chi connectivity index (χ1n) is 11.2. The van der Waals surface area contributed by atoms with Crippen molar-refractivity contribution in [3.05, 3.63) is 91.3 Å². The maximum atomic E-state index is 13.5. The zero-order valence-corrected chi connectivity index (χ0v) is 19.8. The van der Waals surface area contributed by atoms with Gasteiger partial charge in [0.2, 0.25) is 0 Å². The number of para-hydroxylation sites is 1. The molecule has 0 aliphatic carbocycles. The summed E-state index contributed by atoms with van der Waals surface area (Å²) in [5.41, 5.74) is 2.87. The summed E-state index contributed by atoms with van der Waals surface area (Å²) in [5.74, 6) is -0.493. The van der Waals surface area contributed by atoms with Gasteiger partial charge in [0.05, 0.1) is 28.2 Å². The molecule has 3 heterocycles. The van der Waals surface area contributed by atoms with Gasteiger partial charge in [-0.15, -0.1) is 0 Å². The largest absolute Gasteiger partial charge is 0.369 e. The van der Waals surface area contributed by atoms with Crippen molar-refractivity contribution < 1.29 is 4.39 Å². The van der Waals surface area contributed by atoms with E-state index in [1.165, 1.54) is 22.9 Å². The predicted molar refractivity (Wildman–Crippen MR) is 133 cm³/mol. The summed E-state index contributed by atoms with van der Waals surface area (Å²) in [6.07, 6.45) is 0. The van der Waals surface area contributed by atoms with E-state index in [1.807, 2.05) is 18.2 Å². The first-order valence-corrected chi connectivity index (χ1v) is 11.5. The highest BCUT2D eigenvalue weighted by atomic mass is 35.5. The van der Waals surface area contributed by atoms with Gasteiger partial charge in [0.25, 0.3) is 11.1 Å². The summed E-state index contributed by atoms with van der Waals surface area (Å²) in [4.78, 5) is 31.0. The minimum atomic E-state index is -0.493. The second kappa shape index (κ2) is 8.77. The first kappa shape index (κ1) is 22.4. The lowest BCUT2D eigenvalue weighted by Gasteiger charge is -2.35. The highest BCUT2D eigenvalue weighted by Crippen LogP contribution is 2.24. The van der Waals surface area contributed by atoms with Crippen LogP contribution in [0.4, 0.5) is 10.1 Å². The summed E-state index contributed by atoms with van der Waals surface area (Å²) in [5, 5.41) is 3.45. The Morgan fingerprint density at radius 3 is 2.47 bits per heavy atom. The molecule has 4 aromatic rings. The molecule has 1 saturated heterocycles. The van der Waals surface area contributed by atoms with Crippen molar-refractivity contribution in [1.82, 2.24) is 19.2 Å². The number of halogens is 2. The lowest BCUT2D eigenvalue weighted by molar-refractivity contribution is 0.312. The third kappa shape index (κ3) is 3.93. The molecule has 1 N–H and O–H groups in total. The summed E-state index contributed by atoms with van der Waals surface area (Å²) in [7, 11) is 2.12. The van der Waals surface area contributed by atoms with Crippen LogP contribution in [0.25, 0.3) is 16.6 Å². The van der Waals surface area contributed by atoms with Gasteiger partial charge < -0.3 is 14.4 Å². The number of H-pyrrole nitrogens is 1. The molecule has 0 radical (unpaired) electrons. The summed E-state index contributed by atoms with van der Waals surface area (Å²) in [6.45, 7) is 5.92. The molecule has 0 amide bonds. The third-order valence-electron chi connectivity index (χ3n) is 6.53. The Bertz CT molecular complexity index is 1500. The first-order chi connectivity index (χ1) is 16.3. The van der Waals surface area contributed by atoms with E-state index in [0.717, 1.165) is 43.5 Å². The van der Waals surface area contributed by atoms with E-state index in [0.29, 0.717) is 28.8 Å². The van der Waals surface area contributed by atoms with Crippen LogP contribution in [0.3, 0.4) is 0 Å². The highest BCUT2D eigenvalue weighted by molar-refractivity contribution is 6.32. The van der Waals surface area contributed by atoms with Gasteiger partial charge in [0.1, 0.15) is 5.82 Å². The Labute approximate surface area is 200 Å². The number of nitrogens with zero attached hydrogens (tertiary/aromatic N) is 4. The van der Waals surface area contributed by atoms with Gasteiger partial charge in [-0.1, -0.05) is 29.8 Å². The number of rotatable bonds is 4. The zero-order chi connectivity index (χ0) is 24.0. The molecule has 0 unspecified atom stereocenters. The summed E-state index contributed by atoms with van der Waals surface area (Å²) in [6, 6.07) is 13.3. The molecule has 9 heteroatoms. The monoisotopic (exact) mass is 481 g/mol. The summed E-state index contributed by atoms with van der Waals surface area (Å²) < 4.78 is 16.4. The molecule has 0 spiro atoms. The Hall–Kier alpha value is -3.36. The normalized spacial score (nSPS) is 14.8. The second-order valence-corrected chi connectivity index (χ2v) is 9.12. The minimum Gasteiger partial charge on any atom is -0.369 e. The van der Waals surface area contributed by atoms with E-state index in [-0.39, 0.29) is 16.1 Å². The van der Waals surface area contributed by atoms with E-state index in [2.05, 4.69) is 28.0 Å². The quantitative estimate of drug-likeness (QED) is 0.485. The molecule has 5 rings (SSSR count). The van der Waals surface area contributed by atoms with Crippen molar-refractivity contribution in [2.24, 2.45) is 0 Å². The van der Waals surface area contributed by atoms with Crippen LogP contribution in [0.5, 0.6) is 0 Å². The van der Waals surface area contributed by atoms with Gasteiger partial charge in [0.15, 0.2) is 0 Å². The van der Waals surface area contributed by atoms with E-state index in [9.17, 15) is 14.0 Å². The smallest absolute Gasteiger partial charge is 0.280 e. The van der Waals surface area contributed by atoms with Crippen LogP contribution in [0.15, 0.2) is 58.1 Å². The molecule has 2 aromatic carbocycles. The SMILES string of the molecule is Cc1c2c(=O)n(-c3ccc(F)cc3Cl)[nH]c2cc(=O)n1Cc1ccccc1N1CCN(C)CC1.